The topological polar surface area (TPSA) is 84.7 Å². The third-order valence-corrected chi connectivity index (χ3v) is 3.20. The van der Waals surface area contributed by atoms with Gasteiger partial charge in [0.1, 0.15) is 11.0 Å². The molecule has 0 aromatic carbocycles. The molecule has 88 valence electrons. The lowest BCUT2D eigenvalue weighted by atomic mass is 10.3. The van der Waals surface area contributed by atoms with Crippen molar-refractivity contribution in [1.82, 2.24) is 15.0 Å². The fourth-order valence-corrected chi connectivity index (χ4v) is 2.33. The number of rotatable bonds is 3. The van der Waals surface area contributed by atoms with Gasteiger partial charge >= 0.3 is 0 Å². The van der Waals surface area contributed by atoms with Crippen LogP contribution in [0.15, 0.2) is 34.3 Å². The lowest BCUT2D eigenvalue weighted by Gasteiger charge is -2.02. The zero-order valence-corrected chi connectivity index (χ0v) is 10.3. The second kappa shape index (κ2) is 5.20. The molecule has 5 nitrogen and oxygen atoms in total. The molecule has 0 aliphatic rings. The van der Waals surface area contributed by atoms with E-state index in [0.29, 0.717) is 16.1 Å². The molecule has 0 fully saturated rings. The number of thioether (sulfide) groups is 1. The Labute approximate surface area is 106 Å². The summed E-state index contributed by atoms with van der Waals surface area (Å²) in [7, 11) is 0. The van der Waals surface area contributed by atoms with E-state index in [0.717, 1.165) is 5.56 Å². The highest BCUT2D eigenvalue weighted by Gasteiger charge is 2.04. The van der Waals surface area contributed by atoms with Gasteiger partial charge in [-0.3, -0.25) is 4.79 Å². The van der Waals surface area contributed by atoms with Gasteiger partial charge in [-0.15, -0.1) is 0 Å². The van der Waals surface area contributed by atoms with Crippen LogP contribution in [0.3, 0.4) is 0 Å². The number of pyridine rings is 1. The molecule has 0 atom stereocenters. The van der Waals surface area contributed by atoms with E-state index in [2.05, 4.69) is 15.0 Å². The number of nitrogens with two attached hydrogens (primary N) is 1. The summed E-state index contributed by atoms with van der Waals surface area (Å²) < 4.78 is 0. The first-order valence-corrected chi connectivity index (χ1v) is 6.10. The van der Waals surface area contributed by atoms with Crippen LogP contribution in [-0.2, 0) is 5.75 Å². The maximum atomic E-state index is 11.2. The number of nitrogens with one attached hydrogen (secondary N) is 1. The van der Waals surface area contributed by atoms with E-state index in [4.69, 9.17) is 17.3 Å². The van der Waals surface area contributed by atoms with Crippen LogP contribution in [-0.4, -0.2) is 15.0 Å². The van der Waals surface area contributed by atoms with Crippen molar-refractivity contribution in [2.45, 2.75) is 10.9 Å². The van der Waals surface area contributed by atoms with Crippen molar-refractivity contribution in [2.24, 2.45) is 0 Å². The van der Waals surface area contributed by atoms with Crippen LogP contribution >= 0.6 is 23.4 Å². The second-order valence-corrected chi connectivity index (χ2v) is 4.54. The van der Waals surface area contributed by atoms with Crippen LogP contribution in [0, 0.1) is 0 Å². The van der Waals surface area contributed by atoms with E-state index in [-0.39, 0.29) is 11.4 Å². The SMILES string of the molecule is Nc1cc(=O)[nH]c(SCc2cccnc2Cl)n1. The van der Waals surface area contributed by atoms with Crippen molar-refractivity contribution in [3.05, 3.63) is 45.5 Å². The summed E-state index contributed by atoms with van der Waals surface area (Å²) in [6, 6.07) is 4.91. The molecule has 2 aromatic rings. The monoisotopic (exact) mass is 268 g/mol. The third kappa shape index (κ3) is 3.21. The minimum absolute atomic E-state index is 0.202. The van der Waals surface area contributed by atoms with Gasteiger partial charge in [-0.1, -0.05) is 29.4 Å². The van der Waals surface area contributed by atoms with Gasteiger partial charge in [-0.25, -0.2) is 9.97 Å². The van der Waals surface area contributed by atoms with E-state index < -0.39 is 0 Å². The van der Waals surface area contributed by atoms with Crippen LogP contribution in [0.4, 0.5) is 5.82 Å². The quantitative estimate of drug-likeness (QED) is 0.503. The van der Waals surface area contributed by atoms with E-state index >= 15 is 0 Å². The fourth-order valence-electron chi connectivity index (χ4n) is 1.19. The van der Waals surface area contributed by atoms with Crippen LogP contribution in [0.2, 0.25) is 5.15 Å². The van der Waals surface area contributed by atoms with Crippen LogP contribution < -0.4 is 11.3 Å². The molecule has 0 radical (unpaired) electrons. The first kappa shape index (κ1) is 11.9. The molecular formula is C10H9ClN4OS. The van der Waals surface area contributed by atoms with Gasteiger partial charge in [-0.05, 0) is 11.6 Å². The Morgan fingerprint density at radius 1 is 1.53 bits per heavy atom. The van der Waals surface area contributed by atoms with Crippen molar-refractivity contribution in [3.8, 4) is 0 Å². The van der Waals surface area contributed by atoms with Gasteiger partial charge in [0, 0.05) is 18.0 Å². The Kier molecular flexibility index (Phi) is 3.65. The summed E-state index contributed by atoms with van der Waals surface area (Å²) >= 11 is 7.26. The third-order valence-electron chi connectivity index (χ3n) is 1.94. The average Bonchev–Trinajstić information content (AvgIpc) is 2.27. The predicted molar refractivity (Wildman–Crippen MR) is 68.1 cm³/mol. The standard InChI is InChI=1S/C10H9ClN4OS/c11-9-6(2-1-3-13-9)5-17-10-14-7(12)4-8(16)15-10/h1-4H,5H2,(H3,12,14,15,16). The molecule has 0 aliphatic carbocycles. The number of halogens is 1. The average molecular weight is 269 g/mol. The van der Waals surface area contributed by atoms with E-state index in [1.165, 1.54) is 17.8 Å². The van der Waals surface area contributed by atoms with Crippen molar-refractivity contribution < 1.29 is 0 Å². The predicted octanol–water partition coefficient (Wildman–Crippen LogP) is 1.69. The Hall–Kier alpha value is -1.53. The molecule has 7 heteroatoms. The first-order chi connectivity index (χ1) is 8.15. The maximum absolute atomic E-state index is 11.2. The lowest BCUT2D eigenvalue weighted by Crippen LogP contribution is -2.09. The van der Waals surface area contributed by atoms with Gasteiger partial charge in [0.2, 0.25) is 0 Å². The van der Waals surface area contributed by atoms with E-state index in [1.807, 2.05) is 6.07 Å². The molecule has 2 aromatic heterocycles. The highest BCUT2D eigenvalue weighted by molar-refractivity contribution is 7.98. The lowest BCUT2D eigenvalue weighted by molar-refractivity contribution is 0.944. The van der Waals surface area contributed by atoms with E-state index in [9.17, 15) is 4.79 Å². The highest BCUT2D eigenvalue weighted by Crippen LogP contribution is 2.22. The smallest absolute Gasteiger partial charge is 0.253 e. The molecule has 0 spiro atoms. The van der Waals surface area contributed by atoms with Crippen LogP contribution in [0.25, 0.3) is 0 Å². The van der Waals surface area contributed by atoms with Crippen molar-refractivity contribution in [2.75, 3.05) is 5.73 Å². The molecule has 0 unspecified atom stereocenters. The van der Waals surface area contributed by atoms with Gasteiger partial charge < -0.3 is 10.7 Å². The van der Waals surface area contributed by atoms with Gasteiger partial charge in [0.25, 0.3) is 5.56 Å². The summed E-state index contributed by atoms with van der Waals surface area (Å²) in [6.07, 6.45) is 1.62. The number of anilines is 1. The minimum Gasteiger partial charge on any atom is -0.383 e. The Morgan fingerprint density at radius 2 is 2.35 bits per heavy atom. The molecule has 2 rings (SSSR count). The zero-order valence-electron chi connectivity index (χ0n) is 8.68. The number of hydrogen-bond donors (Lipinski definition) is 2. The summed E-state index contributed by atoms with van der Waals surface area (Å²) in [5.74, 6) is 0.771. The molecule has 0 saturated carbocycles. The van der Waals surface area contributed by atoms with Crippen LogP contribution in [0.1, 0.15) is 5.56 Å². The molecular weight excluding hydrogens is 260 g/mol. The highest BCUT2D eigenvalue weighted by atomic mass is 35.5. The molecule has 17 heavy (non-hydrogen) atoms. The number of aromatic amines is 1. The Balaban J connectivity index is 2.13. The van der Waals surface area contributed by atoms with Crippen molar-refractivity contribution in [1.29, 1.82) is 0 Å². The number of H-pyrrole nitrogens is 1. The van der Waals surface area contributed by atoms with Gasteiger partial charge in [0.15, 0.2) is 5.16 Å². The summed E-state index contributed by atoms with van der Waals surface area (Å²) in [5.41, 5.74) is 6.09. The number of aromatic nitrogens is 3. The molecule has 0 amide bonds. The Bertz CT molecular complexity index is 587. The fraction of sp³-hybridized carbons (Fsp3) is 0.100. The van der Waals surface area contributed by atoms with Gasteiger partial charge in [0.05, 0.1) is 0 Å². The molecule has 3 N–H and O–H groups in total. The molecule has 0 bridgehead atoms. The summed E-state index contributed by atoms with van der Waals surface area (Å²) in [5, 5.41) is 0.918. The number of nitrogens with zero attached hydrogens (tertiary/aromatic N) is 2. The van der Waals surface area contributed by atoms with Gasteiger partial charge in [-0.2, -0.15) is 0 Å². The number of hydrogen-bond acceptors (Lipinski definition) is 5. The van der Waals surface area contributed by atoms with Crippen LogP contribution in [0.5, 0.6) is 0 Å². The first-order valence-electron chi connectivity index (χ1n) is 4.74. The molecule has 0 saturated heterocycles. The second-order valence-electron chi connectivity index (χ2n) is 3.22. The zero-order chi connectivity index (χ0) is 12.3. The normalized spacial score (nSPS) is 10.4. The Morgan fingerprint density at radius 3 is 3.06 bits per heavy atom. The largest absolute Gasteiger partial charge is 0.383 e. The van der Waals surface area contributed by atoms with Crippen molar-refractivity contribution in [3.63, 3.8) is 0 Å². The summed E-state index contributed by atoms with van der Waals surface area (Å²) in [4.78, 5) is 21.7. The van der Waals surface area contributed by atoms with Crippen molar-refractivity contribution >= 4 is 29.2 Å². The number of nitrogen functional groups attached to an aromatic ring is 1. The molecule has 2 heterocycles. The summed E-state index contributed by atoms with van der Waals surface area (Å²) in [6.45, 7) is 0. The van der Waals surface area contributed by atoms with E-state index in [1.54, 1.807) is 12.3 Å². The maximum Gasteiger partial charge on any atom is 0.253 e. The molecule has 0 aliphatic heterocycles. The minimum atomic E-state index is -0.266.